The Kier molecular flexibility index (Phi) is 5.94. The van der Waals surface area contributed by atoms with Crippen molar-refractivity contribution in [2.75, 3.05) is 29.6 Å². The fourth-order valence-electron chi connectivity index (χ4n) is 3.67. The predicted molar refractivity (Wildman–Crippen MR) is 111 cm³/mol. The summed E-state index contributed by atoms with van der Waals surface area (Å²) in [5.74, 6) is 1.59. The van der Waals surface area contributed by atoms with Crippen molar-refractivity contribution in [2.45, 2.75) is 35.9 Å². The third-order valence-electron chi connectivity index (χ3n) is 5.20. The van der Waals surface area contributed by atoms with E-state index in [0.717, 1.165) is 24.3 Å². The molecule has 1 saturated carbocycles. The van der Waals surface area contributed by atoms with E-state index in [1.165, 1.54) is 5.56 Å². The van der Waals surface area contributed by atoms with E-state index in [0.29, 0.717) is 16.6 Å². The van der Waals surface area contributed by atoms with Crippen LogP contribution in [0.4, 0.5) is 0 Å². The van der Waals surface area contributed by atoms with Gasteiger partial charge < -0.3 is 9.64 Å². The van der Waals surface area contributed by atoms with Crippen LogP contribution in [0.1, 0.15) is 39.8 Å². The smallest absolute Gasteiger partial charge is 0.338 e. The number of sulfone groups is 1. The zero-order valence-corrected chi connectivity index (χ0v) is 17.9. The van der Waals surface area contributed by atoms with Crippen LogP contribution in [0.5, 0.6) is 0 Å². The van der Waals surface area contributed by atoms with Gasteiger partial charge in [0, 0.05) is 23.6 Å². The van der Waals surface area contributed by atoms with E-state index in [2.05, 4.69) is 0 Å². The molecule has 2 heterocycles. The SMILES string of the molecule is O=C(OCC(=O)N(C1CC1)[C@@H]1CCS(=O)(=O)C1)c1ccc(C2SCCS2)cc1. The van der Waals surface area contributed by atoms with Crippen molar-refractivity contribution in [1.29, 1.82) is 0 Å². The third-order valence-corrected chi connectivity index (χ3v) is 10.1. The van der Waals surface area contributed by atoms with Gasteiger partial charge in [0.05, 0.1) is 21.7 Å². The first-order valence-corrected chi connectivity index (χ1v) is 13.4. The molecule has 3 fully saturated rings. The molecular formula is C19H23NO5S3. The summed E-state index contributed by atoms with van der Waals surface area (Å²) in [4.78, 5) is 26.6. The Hall–Kier alpha value is -1.19. The molecule has 1 aromatic rings. The van der Waals surface area contributed by atoms with Crippen LogP contribution < -0.4 is 0 Å². The topological polar surface area (TPSA) is 80.8 Å². The lowest BCUT2D eigenvalue weighted by Gasteiger charge is -2.28. The van der Waals surface area contributed by atoms with Gasteiger partial charge in [-0.2, -0.15) is 0 Å². The minimum Gasteiger partial charge on any atom is -0.452 e. The summed E-state index contributed by atoms with van der Waals surface area (Å²) in [5.41, 5.74) is 1.61. The average molecular weight is 442 g/mol. The highest BCUT2D eigenvalue weighted by Crippen LogP contribution is 2.45. The van der Waals surface area contributed by atoms with Crippen molar-refractivity contribution in [3.8, 4) is 0 Å². The van der Waals surface area contributed by atoms with Gasteiger partial charge >= 0.3 is 5.97 Å². The highest BCUT2D eigenvalue weighted by atomic mass is 32.2. The lowest BCUT2D eigenvalue weighted by atomic mass is 10.1. The van der Waals surface area contributed by atoms with E-state index in [9.17, 15) is 18.0 Å². The molecule has 1 aromatic carbocycles. The summed E-state index contributed by atoms with van der Waals surface area (Å²) < 4.78 is 29.2. The maximum atomic E-state index is 12.6. The summed E-state index contributed by atoms with van der Waals surface area (Å²) in [6, 6.07) is 7.16. The largest absolute Gasteiger partial charge is 0.452 e. The van der Waals surface area contributed by atoms with Crippen molar-refractivity contribution in [2.24, 2.45) is 0 Å². The molecule has 152 valence electrons. The first kappa shape index (κ1) is 20.1. The van der Waals surface area contributed by atoms with E-state index in [1.54, 1.807) is 17.0 Å². The molecule has 9 heteroatoms. The molecule has 0 spiro atoms. The molecule has 3 aliphatic rings. The zero-order chi connectivity index (χ0) is 19.7. The lowest BCUT2D eigenvalue weighted by molar-refractivity contribution is -0.137. The first-order valence-electron chi connectivity index (χ1n) is 9.45. The molecule has 4 rings (SSSR count). The van der Waals surface area contributed by atoms with Gasteiger partial charge in [0.25, 0.3) is 5.91 Å². The third kappa shape index (κ3) is 4.68. The van der Waals surface area contributed by atoms with Crippen LogP contribution in [-0.2, 0) is 19.4 Å². The number of benzene rings is 1. The Bertz CT molecular complexity index is 845. The summed E-state index contributed by atoms with van der Waals surface area (Å²) in [6.45, 7) is -0.345. The molecule has 0 aromatic heterocycles. The van der Waals surface area contributed by atoms with Gasteiger partial charge in [0.1, 0.15) is 0 Å². The van der Waals surface area contributed by atoms with Gasteiger partial charge in [0.2, 0.25) is 0 Å². The number of amides is 1. The maximum Gasteiger partial charge on any atom is 0.338 e. The van der Waals surface area contributed by atoms with Gasteiger partial charge in [-0.1, -0.05) is 12.1 Å². The van der Waals surface area contributed by atoms with Crippen molar-refractivity contribution >= 4 is 45.2 Å². The summed E-state index contributed by atoms with van der Waals surface area (Å²) in [7, 11) is -3.07. The molecule has 2 aliphatic heterocycles. The Labute approximate surface area is 173 Å². The molecule has 0 N–H and O–H groups in total. The molecule has 0 radical (unpaired) electrons. The van der Waals surface area contributed by atoms with Crippen molar-refractivity contribution in [3.63, 3.8) is 0 Å². The number of ether oxygens (including phenoxy) is 1. The second-order valence-corrected chi connectivity index (χ2v) is 12.3. The molecule has 0 unspecified atom stereocenters. The fraction of sp³-hybridized carbons (Fsp3) is 0.579. The minimum atomic E-state index is -3.07. The summed E-state index contributed by atoms with van der Waals surface area (Å²) >= 11 is 3.80. The number of hydrogen-bond acceptors (Lipinski definition) is 7. The van der Waals surface area contributed by atoms with E-state index in [1.807, 2.05) is 35.7 Å². The van der Waals surface area contributed by atoms with Crippen LogP contribution in [0.3, 0.4) is 0 Å². The van der Waals surface area contributed by atoms with Crippen LogP contribution in [0.15, 0.2) is 24.3 Å². The Balaban J connectivity index is 1.33. The molecular weight excluding hydrogens is 418 g/mol. The summed E-state index contributed by atoms with van der Waals surface area (Å²) in [5, 5.41) is 0. The molecule has 1 aliphatic carbocycles. The van der Waals surface area contributed by atoms with E-state index in [4.69, 9.17) is 4.74 Å². The molecule has 2 saturated heterocycles. The second-order valence-electron chi connectivity index (χ2n) is 7.36. The highest BCUT2D eigenvalue weighted by molar-refractivity contribution is 8.19. The van der Waals surface area contributed by atoms with Gasteiger partial charge in [-0.25, -0.2) is 13.2 Å². The Morgan fingerprint density at radius 2 is 1.71 bits per heavy atom. The minimum absolute atomic E-state index is 0.0157. The molecule has 0 bridgehead atoms. The Morgan fingerprint density at radius 3 is 2.29 bits per heavy atom. The standard InChI is InChI=1S/C19H23NO5S3/c21-17(20(15-5-6-15)16-7-10-28(23,24)12-16)11-25-18(22)13-1-3-14(4-2-13)19-26-8-9-27-19/h1-4,15-16,19H,5-12H2/t16-/m1/s1. The highest BCUT2D eigenvalue weighted by Gasteiger charge is 2.42. The van der Waals surface area contributed by atoms with E-state index in [-0.39, 0.29) is 36.1 Å². The summed E-state index contributed by atoms with van der Waals surface area (Å²) in [6.07, 6.45) is 2.24. The number of rotatable bonds is 6. The van der Waals surface area contributed by atoms with Crippen LogP contribution in [0, 0.1) is 0 Å². The second kappa shape index (κ2) is 8.28. The lowest BCUT2D eigenvalue weighted by Crippen LogP contribution is -2.44. The van der Waals surface area contributed by atoms with Crippen molar-refractivity contribution < 1.29 is 22.7 Å². The van der Waals surface area contributed by atoms with Gasteiger partial charge in [-0.15, -0.1) is 23.5 Å². The van der Waals surface area contributed by atoms with Crippen LogP contribution in [0.2, 0.25) is 0 Å². The number of thioether (sulfide) groups is 2. The predicted octanol–water partition coefficient (Wildman–Crippen LogP) is 2.50. The normalized spacial score (nSPS) is 24.2. The van der Waals surface area contributed by atoms with E-state index < -0.39 is 15.8 Å². The van der Waals surface area contributed by atoms with Crippen LogP contribution >= 0.6 is 23.5 Å². The number of carbonyl (C=O) groups excluding carboxylic acids is 2. The van der Waals surface area contributed by atoms with Crippen molar-refractivity contribution in [1.82, 2.24) is 4.90 Å². The monoisotopic (exact) mass is 441 g/mol. The fourth-order valence-corrected chi connectivity index (χ4v) is 8.24. The van der Waals surface area contributed by atoms with Crippen LogP contribution in [0.25, 0.3) is 0 Å². The van der Waals surface area contributed by atoms with Gasteiger partial charge in [-0.3, -0.25) is 4.79 Å². The number of esters is 1. The van der Waals surface area contributed by atoms with E-state index >= 15 is 0 Å². The number of hydrogen-bond donors (Lipinski definition) is 0. The Morgan fingerprint density at radius 1 is 1.04 bits per heavy atom. The first-order chi connectivity index (χ1) is 13.4. The average Bonchev–Trinajstić information content (AvgIpc) is 3.21. The molecule has 28 heavy (non-hydrogen) atoms. The quantitative estimate of drug-likeness (QED) is 0.628. The number of nitrogens with zero attached hydrogens (tertiary/aromatic N) is 1. The molecule has 1 atom stereocenters. The molecule has 6 nitrogen and oxygen atoms in total. The number of carbonyl (C=O) groups is 2. The zero-order valence-electron chi connectivity index (χ0n) is 15.4. The maximum absolute atomic E-state index is 12.6. The molecule has 1 amide bonds. The van der Waals surface area contributed by atoms with Gasteiger partial charge in [0.15, 0.2) is 16.4 Å². The van der Waals surface area contributed by atoms with Gasteiger partial charge in [-0.05, 0) is 37.0 Å². The van der Waals surface area contributed by atoms with Crippen LogP contribution in [-0.4, -0.2) is 66.9 Å². The van der Waals surface area contributed by atoms with Crippen molar-refractivity contribution in [3.05, 3.63) is 35.4 Å².